The molecular weight excluding hydrogens is 508 g/mol. The van der Waals surface area contributed by atoms with Crippen LogP contribution in [0.5, 0.6) is 5.75 Å². The Hall–Kier alpha value is -4.03. The van der Waals surface area contributed by atoms with E-state index in [0.717, 1.165) is 22.0 Å². The van der Waals surface area contributed by atoms with Gasteiger partial charge in [0.2, 0.25) is 27.8 Å². The van der Waals surface area contributed by atoms with Gasteiger partial charge in [-0.05, 0) is 55.5 Å². The lowest BCUT2D eigenvalue weighted by atomic mass is 10.3. The molecule has 2 aliphatic heterocycles. The molecule has 0 radical (unpaired) electrons. The first-order valence-electron chi connectivity index (χ1n) is 12.2. The predicted octanol–water partition coefficient (Wildman–Crippen LogP) is 2.70. The maximum atomic E-state index is 13.3. The number of nitrogens with one attached hydrogen (secondary N) is 1. The van der Waals surface area contributed by atoms with Crippen LogP contribution in [0, 0.1) is 6.92 Å². The van der Waals surface area contributed by atoms with E-state index in [1.54, 1.807) is 7.11 Å². The summed E-state index contributed by atoms with van der Waals surface area (Å²) in [6.07, 6.45) is 0.347. The Morgan fingerprint density at radius 2 is 1.50 bits per heavy atom. The largest absolute Gasteiger partial charge is 0.497 e. The number of anilines is 4. The number of aryl methyl sites for hydroxylation is 1. The molecule has 2 aliphatic rings. The van der Waals surface area contributed by atoms with E-state index >= 15 is 0 Å². The standard InChI is InChI=1S/C26H28N6O5S/c1-18-17-23(28-19-3-7-21(37-2)8-4-19)29-26(27-18)30-13-15-31(16-14-30)38(35,36)22-9-5-20(6-10-22)32-24(33)11-12-25(32)34/h3-10,17H,11-16H2,1-2H3,(H,27,28,29). The number of nitrogens with zero attached hydrogens (tertiary/aromatic N) is 5. The average molecular weight is 537 g/mol. The predicted molar refractivity (Wildman–Crippen MR) is 142 cm³/mol. The molecule has 0 bridgehead atoms. The van der Waals surface area contributed by atoms with Crippen molar-refractivity contribution >= 4 is 45.0 Å². The van der Waals surface area contributed by atoms with Gasteiger partial charge in [0.15, 0.2) is 0 Å². The van der Waals surface area contributed by atoms with Crippen LogP contribution in [0.2, 0.25) is 0 Å². The Labute approximate surface area is 221 Å². The topological polar surface area (TPSA) is 125 Å². The molecule has 12 heteroatoms. The van der Waals surface area contributed by atoms with Gasteiger partial charge in [0, 0.05) is 56.5 Å². The first-order valence-corrected chi connectivity index (χ1v) is 13.7. The number of piperazine rings is 1. The molecule has 0 aliphatic carbocycles. The Bertz CT molecular complexity index is 1440. The van der Waals surface area contributed by atoms with Crippen molar-refractivity contribution in [3.05, 3.63) is 60.3 Å². The normalized spacial score (nSPS) is 16.7. The van der Waals surface area contributed by atoms with E-state index in [2.05, 4.69) is 15.3 Å². The third-order valence-electron chi connectivity index (χ3n) is 6.51. The second-order valence-electron chi connectivity index (χ2n) is 9.06. The number of sulfonamides is 1. The minimum Gasteiger partial charge on any atom is -0.497 e. The van der Waals surface area contributed by atoms with E-state index in [0.29, 0.717) is 30.5 Å². The van der Waals surface area contributed by atoms with E-state index in [9.17, 15) is 18.0 Å². The highest BCUT2D eigenvalue weighted by molar-refractivity contribution is 7.89. The fourth-order valence-electron chi connectivity index (χ4n) is 4.49. The molecule has 2 aromatic carbocycles. The lowest BCUT2D eigenvalue weighted by Gasteiger charge is -2.34. The molecule has 2 fully saturated rings. The van der Waals surface area contributed by atoms with Crippen molar-refractivity contribution in [1.29, 1.82) is 0 Å². The second kappa shape index (κ2) is 10.4. The molecule has 198 valence electrons. The quantitative estimate of drug-likeness (QED) is 0.454. The number of hydrogen-bond acceptors (Lipinski definition) is 9. The highest BCUT2D eigenvalue weighted by Gasteiger charge is 2.32. The summed E-state index contributed by atoms with van der Waals surface area (Å²) in [5.74, 6) is 1.38. The molecular formula is C26H28N6O5S. The average Bonchev–Trinajstić information content (AvgIpc) is 3.26. The van der Waals surface area contributed by atoms with Gasteiger partial charge in [-0.25, -0.2) is 13.4 Å². The van der Waals surface area contributed by atoms with E-state index in [4.69, 9.17) is 4.74 Å². The molecule has 0 saturated carbocycles. The zero-order valence-electron chi connectivity index (χ0n) is 21.1. The number of carbonyl (C=O) groups excluding carboxylic acids is 2. The van der Waals surface area contributed by atoms with Crippen molar-refractivity contribution in [1.82, 2.24) is 14.3 Å². The summed E-state index contributed by atoms with van der Waals surface area (Å²) in [6.45, 7) is 3.29. The van der Waals surface area contributed by atoms with Gasteiger partial charge in [-0.15, -0.1) is 0 Å². The van der Waals surface area contributed by atoms with Crippen LogP contribution >= 0.6 is 0 Å². The van der Waals surface area contributed by atoms with Crippen molar-refractivity contribution in [2.45, 2.75) is 24.7 Å². The van der Waals surface area contributed by atoms with Crippen molar-refractivity contribution in [3.63, 3.8) is 0 Å². The van der Waals surface area contributed by atoms with E-state index in [1.165, 1.54) is 28.6 Å². The molecule has 0 unspecified atom stereocenters. The van der Waals surface area contributed by atoms with Crippen LogP contribution in [-0.2, 0) is 19.6 Å². The van der Waals surface area contributed by atoms with Crippen LogP contribution in [0.1, 0.15) is 18.5 Å². The van der Waals surface area contributed by atoms with Gasteiger partial charge in [0.1, 0.15) is 11.6 Å². The first-order chi connectivity index (χ1) is 18.2. The first kappa shape index (κ1) is 25.6. The lowest BCUT2D eigenvalue weighted by Crippen LogP contribution is -2.49. The number of hydrogen-bond donors (Lipinski definition) is 1. The smallest absolute Gasteiger partial charge is 0.243 e. The van der Waals surface area contributed by atoms with Crippen molar-refractivity contribution in [2.24, 2.45) is 0 Å². The number of aromatic nitrogens is 2. The monoisotopic (exact) mass is 536 g/mol. The highest BCUT2D eigenvalue weighted by Crippen LogP contribution is 2.27. The van der Waals surface area contributed by atoms with Crippen molar-refractivity contribution in [3.8, 4) is 5.75 Å². The lowest BCUT2D eigenvalue weighted by molar-refractivity contribution is -0.121. The molecule has 2 saturated heterocycles. The van der Waals surface area contributed by atoms with Gasteiger partial charge in [-0.1, -0.05) is 0 Å². The summed E-state index contributed by atoms with van der Waals surface area (Å²) in [5.41, 5.74) is 2.03. The molecule has 0 atom stereocenters. The summed E-state index contributed by atoms with van der Waals surface area (Å²) in [4.78, 5) is 36.3. The summed E-state index contributed by atoms with van der Waals surface area (Å²) in [6, 6.07) is 15.2. The summed E-state index contributed by atoms with van der Waals surface area (Å²) >= 11 is 0. The minimum absolute atomic E-state index is 0.117. The van der Waals surface area contributed by atoms with Gasteiger partial charge in [0.05, 0.1) is 17.7 Å². The molecule has 3 heterocycles. The SMILES string of the molecule is COc1ccc(Nc2cc(C)nc(N3CCN(S(=O)(=O)c4ccc(N5C(=O)CCC5=O)cc4)CC3)n2)cc1. The fraction of sp³-hybridized carbons (Fsp3) is 0.308. The van der Waals surface area contributed by atoms with Crippen molar-refractivity contribution in [2.75, 3.05) is 48.4 Å². The Balaban J connectivity index is 1.25. The molecule has 11 nitrogen and oxygen atoms in total. The number of methoxy groups -OCH3 is 1. The molecule has 1 aromatic heterocycles. The van der Waals surface area contributed by atoms with Crippen LogP contribution in [0.3, 0.4) is 0 Å². The van der Waals surface area contributed by atoms with E-state index in [1.807, 2.05) is 42.2 Å². The number of imide groups is 1. The van der Waals surface area contributed by atoms with Crippen LogP contribution in [-0.4, -0.2) is 67.8 Å². The number of benzene rings is 2. The minimum atomic E-state index is -3.74. The fourth-order valence-corrected chi connectivity index (χ4v) is 5.91. The summed E-state index contributed by atoms with van der Waals surface area (Å²) < 4.78 is 33.1. The van der Waals surface area contributed by atoms with E-state index in [-0.39, 0.29) is 42.6 Å². The maximum absolute atomic E-state index is 13.3. The van der Waals surface area contributed by atoms with Gasteiger partial charge in [-0.2, -0.15) is 9.29 Å². The van der Waals surface area contributed by atoms with Gasteiger partial charge < -0.3 is 15.0 Å². The third-order valence-corrected chi connectivity index (χ3v) is 8.42. The highest BCUT2D eigenvalue weighted by atomic mass is 32.2. The Morgan fingerprint density at radius 3 is 2.11 bits per heavy atom. The van der Waals surface area contributed by atoms with Crippen molar-refractivity contribution < 1.29 is 22.7 Å². The molecule has 3 aromatic rings. The number of carbonyl (C=O) groups is 2. The van der Waals surface area contributed by atoms with Crippen LogP contribution in [0.4, 0.5) is 23.1 Å². The van der Waals surface area contributed by atoms with Crippen LogP contribution in [0.25, 0.3) is 0 Å². The zero-order valence-corrected chi connectivity index (χ0v) is 21.9. The number of amides is 2. The zero-order chi connectivity index (χ0) is 26.9. The second-order valence-corrected chi connectivity index (χ2v) is 11.0. The molecule has 2 amide bonds. The molecule has 38 heavy (non-hydrogen) atoms. The van der Waals surface area contributed by atoms with Gasteiger partial charge in [-0.3, -0.25) is 14.5 Å². The Morgan fingerprint density at radius 1 is 0.868 bits per heavy atom. The maximum Gasteiger partial charge on any atom is 0.243 e. The third kappa shape index (κ3) is 5.18. The summed E-state index contributed by atoms with van der Waals surface area (Å²) in [7, 11) is -2.13. The van der Waals surface area contributed by atoms with Gasteiger partial charge >= 0.3 is 0 Å². The number of ether oxygens (including phenoxy) is 1. The molecule has 0 spiro atoms. The van der Waals surface area contributed by atoms with E-state index < -0.39 is 10.0 Å². The molecule has 1 N–H and O–H groups in total. The Kier molecular flexibility index (Phi) is 7.00. The van der Waals surface area contributed by atoms with Crippen LogP contribution < -0.4 is 19.9 Å². The van der Waals surface area contributed by atoms with Gasteiger partial charge in [0.25, 0.3) is 0 Å². The molecule has 5 rings (SSSR count). The van der Waals surface area contributed by atoms with Crippen LogP contribution in [0.15, 0.2) is 59.5 Å². The summed E-state index contributed by atoms with van der Waals surface area (Å²) in [5, 5.41) is 3.28. The number of rotatable bonds is 7.